The van der Waals surface area contributed by atoms with E-state index in [0.717, 1.165) is 54.4 Å². The van der Waals surface area contributed by atoms with Gasteiger partial charge in [0.2, 0.25) is 0 Å². The molecule has 1 amide bonds. The Morgan fingerprint density at radius 2 is 1.85 bits per heavy atom. The zero-order chi connectivity index (χ0) is 19.2. The lowest BCUT2D eigenvalue weighted by Crippen LogP contribution is -2.36. The first kappa shape index (κ1) is 18.7. The van der Waals surface area contributed by atoms with Crippen LogP contribution < -0.4 is 10.2 Å². The number of nitrogens with one attached hydrogen (secondary N) is 1. The SMILES string of the molecule is Cc1ccc(C)c(NC(=O)/C(C#N)=C/c2ccc(N3CCOCC3)cc2)c1. The molecule has 1 heterocycles. The van der Waals surface area contributed by atoms with Crippen LogP contribution in [0.3, 0.4) is 0 Å². The maximum Gasteiger partial charge on any atom is 0.266 e. The second-order valence-corrected chi connectivity index (χ2v) is 6.63. The van der Waals surface area contributed by atoms with Gasteiger partial charge in [0.25, 0.3) is 5.91 Å². The van der Waals surface area contributed by atoms with Crippen molar-refractivity contribution >= 4 is 23.4 Å². The fraction of sp³-hybridized carbons (Fsp3) is 0.273. The minimum atomic E-state index is -0.400. The summed E-state index contributed by atoms with van der Waals surface area (Å²) >= 11 is 0. The third-order valence-electron chi connectivity index (χ3n) is 4.59. The maximum absolute atomic E-state index is 12.5. The lowest BCUT2D eigenvalue weighted by Gasteiger charge is -2.28. The summed E-state index contributed by atoms with van der Waals surface area (Å²) in [6, 6.07) is 15.7. The van der Waals surface area contributed by atoms with Gasteiger partial charge in [0.05, 0.1) is 13.2 Å². The molecule has 0 saturated carbocycles. The lowest BCUT2D eigenvalue weighted by atomic mass is 10.1. The van der Waals surface area contributed by atoms with Crippen molar-refractivity contribution < 1.29 is 9.53 Å². The van der Waals surface area contributed by atoms with E-state index in [9.17, 15) is 10.1 Å². The van der Waals surface area contributed by atoms with Gasteiger partial charge in [0, 0.05) is 24.5 Å². The fourth-order valence-corrected chi connectivity index (χ4v) is 2.98. The highest BCUT2D eigenvalue weighted by Gasteiger charge is 2.13. The first-order valence-electron chi connectivity index (χ1n) is 9.00. The largest absolute Gasteiger partial charge is 0.378 e. The molecule has 0 atom stereocenters. The van der Waals surface area contributed by atoms with Crippen molar-refractivity contribution in [2.75, 3.05) is 36.5 Å². The quantitative estimate of drug-likeness (QED) is 0.666. The molecule has 0 unspecified atom stereocenters. The number of carbonyl (C=O) groups excluding carboxylic acids is 1. The van der Waals surface area contributed by atoms with Crippen LogP contribution in [0.2, 0.25) is 0 Å². The molecule has 1 N–H and O–H groups in total. The van der Waals surface area contributed by atoms with Gasteiger partial charge in [-0.1, -0.05) is 24.3 Å². The predicted molar refractivity (Wildman–Crippen MR) is 108 cm³/mol. The van der Waals surface area contributed by atoms with E-state index in [0.29, 0.717) is 0 Å². The van der Waals surface area contributed by atoms with Crippen molar-refractivity contribution in [3.05, 3.63) is 64.7 Å². The zero-order valence-electron chi connectivity index (χ0n) is 15.7. The molecule has 138 valence electrons. The molecule has 0 bridgehead atoms. The van der Waals surface area contributed by atoms with Crippen LogP contribution in [-0.2, 0) is 9.53 Å². The smallest absolute Gasteiger partial charge is 0.266 e. The predicted octanol–water partition coefficient (Wildman–Crippen LogP) is 3.69. The maximum atomic E-state index is 12.5. The van der Waals surface area contributed by atoms with Crippen LogP contribution in [-0.4, -0.2) is 32.2 Å². The molecule has 27 heavy (non-hydrogen) atoms. The van der Waals surface area contributed by atoms with Crippen LogP contribution in [0.5, 0.6) is 0 Å². The topological polar surface area (TPSA) is 65.4 Å². The number of anilines is 2. The van der Waals surface area contributed by atoms with E-state index in [1.54, 1.807) is 6.08 Å². The molecule has 0 spiro atoms. The highest BCUT2D eigenvalue weighted by atomic mass is 16.5. The molecule has 5 nitrogen and oxygen atoms in total. The molecule has 0 aliphatic carbocycles. The van der Waals surface area contributed by atoms with Crippen molar-refractivity contribution in [3.63, 3.8) is 0 Å². The van der Waals surface area contributed by atoms with Gasteiger partial charge >= 0.3 is 0 Å². The van der Waals surface area contributed by atoms with Crippen LogP contribution >= 0.6 is 0 Å². The summed E-state index contributed by atoms with van der Waals surface area (Å²) in [5.41, 5.74) is 4.76. The van der Waals surface area contributed by atoms with Gasteiger partial charge in [-0.15, -0.1) is 0 Å². The number of nitrogens with zero attached hydrogens (tertiary/aromatic N) is 2. The Balaban J connectivity index is 1.74. The number of benzene rings is 2. The Morgan fingerprint density at radius 3 is 2.52 bits per heavy atom. The van der Waals surface area contributed by atoms with Gasteiger partial charge in [-0.05, 0) is 54.8 Å². The van der Waals surface area contributed by atoms with E-state index < -0.39 is 5.91 Å². The number of morpholine rings is 1. The Labute approximate surface area is 159 Å². The number of amides is 1. The summed E-state index contributed by atoms with van der Waals surface area (Å²) in [6.45, 7) is 7.10. The first-order valence-corrected chi connectivity index (χ1v) is 9.00. The summed E-state index contributed by atoms with van der Waals surface area (Å²) in [5, 5.41) is 12.3. The van der Waals surface area contributed by atoms with Crippen molar-refractivity contribution in [2.24, 2.45) is 0 Å². The molecule has 2 aromatic rings. The standard InChI is InChI=1S/C22H23N3O2/c1-16-3-4-17(2)21(13-16)24-22(26)19(15-23)14-18-5-7-20(8-6-18)25-9-11-27-12-10-25/h3-8,13-14H,9-12H2,1-2H3,(H,24,26)/b19-14+. The van der Waals surface area contributed by atoms with E-state index in [4.69, 9.17) is 4.74 Å². The van der Waals surface area contributed by atoms with E-state index >= 15 is 0 Å². The van der Waals surface area contributed by atoms with Crippen molar-refractivity contribution in [1.82, 2.24) is 0 Å². The minimum Gasteiger partial charge on any atom is -0.378 e. The van der Waals surface area contributed by atoms with E-state index in [2.05, 4.69) is 10.2 Å². The number of nitriles is 1. The average Bonchev–Trinajstić information content (AvgIpc) is 2.70. The van der Waals surface area contributed by atoms with Crippen LogP contribution in [0.25, 0.3) is 6.08 Å². The molecule has 1 saturated heterocycles. The van der Waals surface area contributed by atoms with Gasteiger partial charge in [0.1, 0.15) is 11.6 Å². The number of carbonyl (C=O) groups is 1. The van der Waals surface area contributed by atoms with Crippen molar-refractivity contribution in [3.8, 4) is 6.07 Å². The molecule has 2 aromatic carbocycles. The molecule has 3 rings (SSSR count). The number of hydrogen-bond acceptors (Lipinski definition) is 4. The van der Waals surface area contributed by atoms with Crippen molar-refractivity contribution in [1.29, 1.82) is 5.26 Å². The summed E-state index contributed by atoms with van der Waals surface area (Å²) in [6.07, 6.45) is 1.61. The number of aryl methyl sites for hydroxylation is 2. The van der Waals surface area contributed by atoms with E-state index in [1.165, 1.54) is 0 Å². The normalized spacial score (nSPS) is 14.6. The highest BCUT2D eigenvalue weighted by Crippen LogP contribution is 2.20. The molecule has 1 fully saturated rings. The average molecular weight is 361 g/mol. The third kappa shape index (κ3) is 4.75. The Hall–Kier alpha value is -3.10. The van der Waals surface area contributed by atoms with Gasteiger partial charge in [-0.3, -0.25) is 4.79 Å². The van der Waals surface area contributed by atoms with Crippen LogP contribution in [0.15, 0.2) is 48.0 Å². The Bertz CT molecular complexity index is 889. The van der Waals surface area contributed by atoms with Crippen LogP contribution in [0.1, 0.15) is 16.7 Å². The van der Waals surface area contributed by atoms with Crippen molar-refractivity contribution in [2.45, 2.75) is 13.8 Å². The molecular weight excluding hydrogens is 338 g/mol. The summed E-state index contributed by atoms with van der Waals surface area (Å²) in [5.74, 6) is -0.400. The van der Waals surface area contributed by atoms with E-state index in [-0.39, 0.29) is 5.57 Å². The van der Waals surface area contributed by atoms with Crippen LogP contribution in [0.4, 0.5) is 11.4 Å². The minimum absolute atomic E-state index is 0.0787. The summed E-state index contributed by atoms with van der Waals surface area (Å²) in [7, 11) is 0. The number of hydrogen-bond donors (Lipinski definition) is 1. The molecule has 1 aliphatic heterocycles. The second-order valence-electron chi connectivity index (χ2n) is 6.63. The Morgan fingerprint density at radius 1 is 1.15 bits per heavy atom. The third-order valence-corrected chi connectivity index (χ3v) is 4.59. The number of ether oxygens (including phenoxy) is 1. The van der Waals surface area contributed by atoms with E-state index in [1.807, 2.05) is 62.4 Å². The second kappa shape index (κ2) is 8.52. The fourth-order valence-electron chi connectivity index (χ4n) is 2.98. The monoisotopic (exact) mass is 361 g/mol. The molecule has 0 aromatic heterocycles. The zero-order valence-corrected chi connectivity index (χ0v) is 15.7. The molecular formula is C22H23N3O2. The van der Waals surface area contributed by atoms with Gasteiger partial charge < -0.3 is 15.0 Å². The summed E-state index contributed by atoms with van der Waals surface area (Å²) in [4.78, 5) is 14.8. The van der Waals surface area contributed by atoms with Gasteiger partial charge in [-0.2, -0.15) is 5.26 Å². The first-order chi connectivity index (χ1) is 13.1. The highest BCUT2D eigenvalue weighted by molar-refractivity contribution is 6.10. The number of rotatable bonds is 4. The van der Waals surface area contributed by atoms with Gasteiger partial charge in [0.15, 0.2) is 0 Å². The summed E-state index contributed by atoms with van der Waals surface area (Å²) < 4.78 is 5.37. The lowest BCUT2D eigenvalue weighted by molar-refractivity contribution is -0.112. The van der Waals surface area contributed by atoms with Crippen LogP contribution in [0, 0.1) is 25.2 Å². The Kier molecular flexibility index (Phi) is 5.90. The van der Waals surface area contributed by atoms with Gasteiger partial charge in [-0.25, -0.2) is 0 Å². The molecule has 1 aliphatic rings. The molecule has 0 radical (unpaired) electrons. The molecule has 5 heteroatoms.